The van der Waals surface area contributed by atoms with E-state index in [0.717, 1.165) is 35.9 Å². The summed E-state index contributed by atoms with van der Waals surface area (Å²) in [5.74, 6) is 0.483. The van der Waals surface area contributed by atoms with Crippen LogP contribution in [-0.2, 0) is 20.8 Å². The number of ether oxygens (including phenoxy) is 2. The van der Waals surface area contributed by atoms with E-state index < -0.39 is 11.2 Å². The van der Waals surface area contributed by atoms with E-state index in [9.17, 15) is 14.4 Å². The van der Waals surface area contributed by atoms with Gasteiger partial charge in [0, 0.05) is 13.0 Å². The van der Waals surface area contributed by atoms with Crippen molar-refractivity contribution < 1.29 is 14.3 Å². The van der Waals surface area contributed by atoms with Crippen LogP contribution in [0.1, 0.15) is 50.2 Å². The van der Waals surface area contributed by atoms with Crippen molar-refractivity contribution in [2.24, 2.45) is 0 Å². The number of aromatic amines is 1. The largest absolute Gasteiger partial charge is 0.463 e. The van der Waals surface area contributed by atoms with Crippen molar-refractivity contribution in [3.05, 3.63) is 56.4 Å². The van der Waals surface area contributed by atoms with Crippen molar-refractivity contribution in [2.75, 3.05) is 6.79 Å². The Labute approximate surface area is 185 Å². The molecule has 0 aromatic heterocycles. The zero-order valence-electron chi connectivity index (χ0n) is 18.7. The molecule has 0 saturated carbocycles. The molecule has 3 rings (SSSR count). The third-order valence-electron chi connectivity index (χ3n) is 5.26. The fourth-order valence-electron chi connectivity index (χ4n) is 3.44. The van der Waals surface area contributed by atoms with Crippen LogP contribution in [0.3, 0.4) is 0 Å². The molecule has 0 bridgehead atoms. The maximum atomic E-state index is 12.3. The van der Waals surface area contributed by atoms with Crippen LogP contribution in [0.15, 0.2) is 34.1 Å². The number of esters is 1. The van der Waals surface area contributed by atoms with Crippen molar-refractivity contribution in [3.63, 3.8) is 0 Å². The summed E-state index contributed by atoms with van der Waals surface area (Å²) in [5, 5.41) is 0. The number of rotatable bonds is 10. The van der Waals surface area contributed by atoms with Gasteiger partial charge in [-0.3, -0.25) is 14.6 Å². The van der Waals surface area contributed by atoms with E-state index in [-0.39, 0.29) is 24.3 Å². The molecule has 0 spiro atoms. The van der Waals surface area contributed by atoms with Crippen molar-refractivity contribution >= 4 is 17.0 Å². The lowest BCUT2D eigenvalue weighted by Gasteiger charge is -2.17. The predicted octanol–water partition coefficient (Wildman–Crippen LogP) is 3.20. The SMILES string of the molecule is C=C(C)OCOC(=O)CCCCCCn1c2nc(=O)[nH]c(=O)c-2nc2cc(C)c(C)cc21. The minimum atomic E-state index is -0.685. The van der Waals surface area contributed by atoms with Crippen molar-refractivity contribution in [3.8, 4) is 11.5 Å². The van der Waals surface area contributed by atoms with Gasteiger partial charge in [0.15, 0.2) is 11.5 Å². The van der Waals surface area contributed by atoms with E-state index in [1.54, 1.807) is 6.92 Å². The topological polar surface area (TPSA) is 116 Å². The number of hydrogen-bond donors (Lipinski definition) is 1. The molecule has 2 aliphatic heterocycles. The quantitative estimate of drug-likeness (QED) is 0.169. The van der Waals surface area contributed by atoms with Crippen molar-refractivity contribution in [1.82, 2.24) is 19.5 Å². The standard InChI is InChI=1S/C23H28N4O5/c1-14(2)31-13-32-19(28)9-7-5-6-8-10-27-18-12-16(4)15(3)11-17(18)24-20-21(27)25-23(30)26-22(20)29/h11-12H,1,5-10,13H2,2-4H3,(H,26,29,30). The molecular formula is C23H28N4O5. The third kappa shape index (κ3) is 5.60. The Morgan fingerprint density at radius 1 is 1.06 bits per heavy atom. The molecule has 2 aliphatic rings. The molecule has 0 radical (unpaired) electrons. The molecule has 0 fully saturated rings. The second-order valence-electron chi connectivity index (χ2n) is 7.88. The molecule has 0 atom stereocenters. The van der Waals surface area contributed by atoms with E-state index in [4.69, 9.17) is 9.47 Å². The second-order valence-corrected chi connectivity index (χ2v) is 7.88. The summed E-state index contributed by atoms with van der Waals surface area (Å²) >= 11 is 0. The number of carbonyl (C=O) groups excluding carboxylic acids is 1. The summed E-state index contributed by atoms with van der Waals surface area (Å²) in [5.41, 5.74) is 2.61. The Hall–Kier alpha value is -3.49. The molecular weight excluding hydrogens is 412 g/mol. The Kier molecular flexibility index (Phi) is 7.40. The molecule has 9 nitrogen and oxygen atoms in total. The number of nitrogens with one attached hydrogen (secondary N) is 1. The number of nitrogens with zero attached hydrogens (tertiary/aromatic N) is 3. The van der Waals surface area contributed by atoms with Gasteiger partial charge >= 0.3 is 11.7 Å². The Bertz CT molecular complexity index is 1230. The van der Waals surface area contributed by atoms with Gasteiger partial charge in [0.2, 0.25) is 6.79 Å². The summed E-state index contributed by atoms with van der Waals surface area (Å²) in [6.07, 6.45) is 3.53. The van der Waals surface area contributed by atoms with Gasteiger partial charge in [0.1, 0.15) is 0 Å². The highest BCUT2D eigenvalue weighted by Gasteiger charge is 2.19. The minimum Gasteiger partial charge on any atom is -0.463 e. The van der Waals surface area contributed by atoms with Crippen LogP contribution in [-0.4, -0.2) is 32.3 Å². The highest BCUT2D eigenvalue weighted by Crippen LogP contribution is 2.24. The number of H-pyrrole nitrogens is 1. The fourth-order valence-corrected chi connectivity index (χ4v) is 3.44. The molecule has 0 unspecified atom stereocenters. The van der Waals surface area contributed by atoms with E-state index in [1.165, 1.54) is 0 Å². The van der Waals surface area contributed by atoms with Gasteiger partial charge in [-0.2, -0.15) is 4.98 Å². The van der Waals surface area contributed by atoms with Crippen LogP contribution in [0.25, 0.3) is 22.6 Å². The van der Waals surface area contributed by atoms with Crippen LogP contribution < -0.4 is 11.2 Å². The number of aromatic nitrogens is 4. The van der Waals surface area contributed by atoms with Gasteiger partial charge in [-0.15, -0.1) is 0 Å². The van der Waals surface area contributed by atoms with E-state index in [2.05, 4.69) is 21.5 Å². The van der Waals surface area contributed by atoms with E-state index >= 15 is 0 Å². The van der Waals surface area contributed by atoms with Gasteiger partial charge < -0.3 is 14.0 Å². The van der Waals surface area contributed by atoms with Crippen LogP contribution in [0.2, 0.25) is 0 Å². The fraction of sp³-hybridized carbons (Fsp3) is 0.435. The van der Waals surface area contributed by atoms with Crippen LogP contribution >= 0.6 is 0 Å². The average molecular weight is 441 g/mol. The molecule has 1 aromatic rings. The Morgan fingerprint density at radius 2 is 1.78 bits per heavy atom. The highest BCUT2D eigenvalue weighted by molar-refractivity contribution is 5.81. The zero-order valence-corrected chi connectivity index (χ0v) is 18.7. The molecule has 1 N–H and O–H groups in total. The first-order valence-corrected chi connectivity index (χ1v) is 10.6. The summed E-state index contributed by atoms with van der Waals surface area (Å²) in [7, 11) is 0. The normalized spacial score (nSPS) is 11.1. The first kappa shape index (κ1) is 23.2. The number of unbranched alkanes of at least 4 members (excludes halogenated alkanes) is 3. The van der Waals surface area contributed by atoms with Crippen LogP contribution in [0.4, 0.5) is 0 Å². The average Bonchev–Trinajstić information content (AvgIpc) is 2.71. The first-order valence-electron chi connectivity index (χ1n) is 10.6. The number of allylic oxidation sites excluding steroid dienone is 1. The monoisotopic (exact) mass is 440 g/mol. The van der Waals surface area contributed by atoms with Crippen molar-refractivity contribution in [2.45, 2.75) is 59.4 Å². The maximum absolute atomic E-state index is 12.3. The molecule has 9 heteroatoms. The molecule has 0 saturated heterocycles. The summed E-state index contributed by atoms with van der Waals surface area (Å²) < 4.78 is 11.9. The number of fused-ring (bicyclic) bond motifs is 2. The molecule has 2 heterocycles. The van der Waals surface area contributed by atoms with Gasteiger partial charge in [-0.05, 0) is 56.9 Å². The lowest BCUT2D eigenvalue weighted by Crippen LogP contribution is -2.29. The zero-order chi connectivity index (χ0) is 23.3. The third-order valence-corrected chi connectivity index (χ3v) is 5.26. The predicted molar refractivity (Wildman–Crippen MR) is 120 cm³/mol. The van der Waals surface area contributed by atoms with Gasteiger partial charge in [-0.1, -0.05) is 19.4 Å². The second kappa shape index (κ2) is 10.2. The number of aryl methyl sites for hydroxylation is 3. The molecule has 0 amide bonds. The van der Waals surface area contributed by atoms with Crippen molar-refractivity contribution in [1.29, 1.82) is 0 Å². The Balaban J connectivity index is 1.68. The molecule has 32 heavy (non-hydrogen) atoms. The minimum absolute atomic E-state index is 0.111. The van der Waals surface area contributed by atoms with Crippen LogP contribution in [0, 0.1) is 13.8 Å². The van der Waals surface area contributed by atoms with Crippen LogP contribution in [0.5, 0.6) is 0 Å². The number of hydrogen-bond acceptors (Lipinski definition) is 7. The van der Waals surface area contributed by atoms with Gasteiger partial charge in [0.05, 0.1) is 16.8 Å². The Morgan fingerprint density at radius 3 is 2.53 bits per heavy atom. The maximum Gasteiger partial charge on any atom is 0.349 e. The van der Waals surface area contributed by atoms with E-state index in [0.29, 0.717) is 30.7 Å². The van der Waals surface area contributed by atoms with Gasteiger partial charge in [-0.25, -0.2) is 9.78 Å². The summed E-state index contributed by atoms with van der Waals surface area (Å²) in [4.78, 5) is 46.5. The summed E-state index contributed by atoms with van der Waals surface area (Å²) in [6.45, 7) is 9.72. The smallest absolute Gasteiger partial charge is 0.349 e. The first-order chi connectivity index (χ1) is 15.3. The molecule has 1 aromatic carbocycles. The lowest BCUT2D eigenvalue weighted by molar-refractivity contribution is -0.153. The number of benzene rings is 1. The number of carbonyl (C=O) groups is 1. The van der Waals surface area contributed by atoms with E-state index in [1.807, 2.05) is 30.5 Å². The molecule has 0 aliphatic carbocycles. The van der Waals surface area contributed by atoms with Gasteiger partial charge in [0.25, 0.3) is 5.56 Å². The highest BCUT2D eigenvalue weighted by atomic mass is 16.7. The summed E-state index contributed by atoms with van der Waals surface area (Å²) in [6, 6.07) is 3.95. The molecule has 170 valence electrons. The lowest BCUT2D eigenvalue weighted by atomic mass is 10.1.